The maximum absolute atomic E-state index is 11.9. The van der Waals surface area contributed by atoms with Gasteiger partial charge >= 0.3 is 0 Å². The zero-order valence-electron chi connectivity index (χ0n) is 11.7. The van der Waals surface area contributed by atoms with Crippen LogP contribution in [-0.4, -0.2) is 36.4 Å². The minimum absolute atomic E-state index is 0.0386. The molecule has 2 N–H and O–H groups in total. The minimum Gasteiger partial charge on any atom is -0.386 e. The maximum Gasteiger partial charge on any atom is 0.224 e. The van der Waals surface area contributed by atoms with Crippen molar-refractivity contribution in [2.45, 2.75) is 37.7 Å². The molecule has 0 spiro atoms. The van der Waals surface area contributed by atoms with Crippen LogP contribution in [0.25, 0.3) is 0 Å². The second-order valence-corrected chi connectivity index (χ2v) is 5.94. The molecule has 0 bridgehead atoms. The molecule has 4 nitrogen and oxygen atoms in total. The van der Waals surface area contributed by atoms with Crippen molar-refractivity contribution in [3.05, 3.63) is 34.9 Å². The van der Waals surface area contributed by atoms with Crippen LogP contribution in [0, 0.1) is 0 Å². The first kappa shape index (κ1) is 13.6. The molecule has 3 rings (SSSR count). The van der Waals surface area contributed by atoms with Crippen molar-refractivity contribution in [2.75, 3.05) is 19.8 Å². The normalized spacial score (nSPS) is 24.6. The second kappa shape index (κ2) is 5.54. The number of carbonyl (C=O) groups is 1. The van der Waals surface area contributed by atoms with Gasteiger partial charge in [-0.1, -0.05) is 18.2 Å². The number of hydrogen-bond acceptors (Lipinski definition) is 3. The van der Waals surface area contributed by atoms with Crippen LogP contribution < -0.4 is 5.32 Å². The Morgan fingerprint density at radius 2 is 2.20 bits per heavy atom. The predicted molar refractivity (Wildman–Crippen MR) is 75.6 cm³/mol. The molecule has 0 aromatic heterocycles. The van der Waals surface area contributed by atoms with Crippen LogP contribution in [0.4, 0.5) is 0 Å². The molecule has 108 valence electrons. The molecule has 4 heteroatoms. The smallest absolute Gasteiger partial charge is 0.224 e. The van der Waals surface area contributed by atoms with Gasteiger partial charge in [0.25, 0.3) is 0 Å². The van der Waals surface area contributed by atoms with Gasteiger partial charge in [-0.3, -0.25) is 4.79 Å². The summed E-state index contributed by atoms with van der Waals surface area (Å²) in [6.07, 6.45) is 4.48. The molecule has 0 saturated carbocycles. The van der Waals surface area contributed by atoms with E-state index in [4.69, 9.17) is 4.74 Å². The van der Waals surface area contributed by atoms with Gasteiger partial charge in [-0.15, -0.1) is 0 Å². The summed E-state index contributed by atoms with van der Waals surface area (Å²) in [6.45, 7) is 1.15. The maximum atomic E-state index is 11.9. The SMILES string of the molecule is O=C(Cc1ccc2c(c1)CCC2)NCC1(O)CCOC1. The van der Waals surface area contributed by atoms with Crippen LogP contribution in [-0.2, 0) is 28.8 Å². The number of hydrogen-bond donors (Lipinski definition) is 2. The van der Waals surface area contributed by atoms with Gasteiger partial charge in [-0.2, -0.15) is 0 Å². The molecule has 1 unspecified atom stereocenters. The Labute approximate surface area is 119 Å². The average Bonchev–Trinajstić information content (AvgIpc) is 3.05. The first-order valence-corrected chi connectivity index (χ1v) is 7.32. The van der Waals surface area contributed by atoms with Crippen LogP contribution in [0.1, 0.15) is 29.5 Å². The van der Waals surface area contributed by atoms with Crippen molar-refractivity contribution in [1.82, 2.24) is 5.32 Å². The van der Waals surface area contributed by atoms with Gasteiger partial charge in [0.15, 0.2) is 0 Å². The summed E-state index contributed by atoms with van der Waals surface area (Å²) in [5.41, 5.74) is 2.98. The van der Waals surface area contributed by atoms with Gasteiger partial charge in [0.05, 0.1) is 13.0 Å². The van der Waals surface area contributed by atoms with Crippen LogP contribution in [0.15, 0.2) is 18.2 Å². The summed E-state index contributed by atoms with van der Waals surface area (Å²) in [4.78, 5) is 11.9. The molecule has 20 heavy (non-hydrogen) atoms. The average molecular weight is 275 g/mol. The highest BCUT2D eigenvalue weighted by molar-refractivity contribution is 5.78. The standard InChI is InChI=1S/C16H21NO3/c18-15(17-10-16(19)6-7-20-11-16)9-12-4-5-13-2-1-3-14(13)8-12/h4-5,8,19H,1-3,6-7,9-11H2,(H,17,18). The highest BCUT2D eigenvalue weighted by Crippen LogP contribution is 2.23. The zero-order valence-corrected chi connectivity index (χ0v) is 11.7. The van der Waals surface area contributed by atoms with Crippen molar-refractivity contribution in [1.29, 1.82) is 0 Å². The van der Waals surface area contributed by atoms with E-state index in [2.05, 4.69) is 17.4 Å². The summed E-state index contributed by atoms with van der Waals surface area (Å²) in [5, 5.41) is 12.9. The number of aliphatic hydroxyl groups is 1. The predicted octanol–water partition coefficient (Wildman–Crippen LogP) is 0.985. The number of rotatable bonds is 4. The Morgan fingerprint density at radius 1 is 1.35 bits per heavy atom. The number of nitrogens with one attached hydrogen (secondary N) is 1. The monoisotopic (exact) mass is 275 g/mol. The van der Waals surface area contributed by atoms with Gasteiger partial charge in [-0.25, -0.2) is 0 Å². The number of ether oxygens (including phenoxy) is 1. The molecule has 1 amide bonds. The molecule has 1 atom stereocenters. The van der Waals surface area contributed by atoms with E-state index in [1.54, 1.807) is 0 Å². The molecule has 1 aliphatic heterocycles. The van der Waals surface area contributed by atoms with E-state index in [1.165, 1.54) is 17.5 Å². The first-order chi connectivity index (χ1) is 9.65. The Balaban J connectivity index is 1.53. The zero-order chi connectivity index (χ0) is 14.0. The third kappa shape index (κ3) is 3.02. The van der Waals surface area contributed by atoms with Crippen molar-refractivity contribution in [3.8, 4) is 0 Å². The second-order valence-electron chi connectivity index (χ2n) is 5.94. The molecule has 2 aliphatic rings. The van der Waals surface area contributed by atoms with Crippen LogP contribution in [0.3, 0.4) is 0 Å². The molecule has 0 radical (unpaired) electrons. The molecule has 1 aromatic rings. The molecule has 1 heterocycles. The lowest BCUT2D eigenvalue weighted by Gasteiger charge is -2.20. The highest BCUT2D eigenvalue weighted by Gasteiger charge is 2.32. The van der Waals surface area contributed by atoms with E-state index in [0.29, 0.717) is 26.1 Å². The van der Waals surface area contributed by atoms with E-state index in [0.717, 1.165) is 18.4 Å². The van der Waals surface area contributed by atoms with E-state index in [1.807, 2.05) is 6.07 Å². The Bertz CT molecular complexity index is 506. The lowest BCUT2D eigenvalue weighted by atomic mass is 10.0. The summed E-state index contributed by atoms with van der Waals surface area (Å²) in [5.74, 6) is -0.0386. The topological polar surface area (TPSA) is 58.6 Å². The summed E-state index contributed by atoms with van der Waals surface area (Å²) in [7, 11) is 0. The fourth-order valence-electron chi connectivity index (χ4n) is 2.98. The number of aryl methyl sites for hydroxylation is 2. The summed E-state index contributed by atoms with van der Waals surface area (Å²) < 4.78 is 5.16. The van der Waals surface area contributed by atoms with Gasteiger partial charge in [0, 0.05) is 19.6 Å². The number of fused-ring (bicyclic) bond motifs is 1. The van der Waals surface area contributed by atoms with Crippen molar-refractivity contribution in [3.63, 3.8) is 0 Å². The highest BCUT2D eigenvalue weighted by atomic mass is 16.5. The lowest BCUT2D eigenvalue weighted by molar-refractivity contribution is -0.121. The quantitative estimate of drug-likeness (QED) is 0.861. The van der Waals surface area contributed by atoms with Crippen molar-refractivity contribution >= 4 is 5.91 Å². The van der Waals surface area contributed by atoms with E-state index < -0.39 is 5.60 Å². The van der Waals surface area contributed by atoms with Gasteiger partial charge in [-0.05, 0) is 36.0 Å². The van der Waals surface area contributed by atoms with Gasteiger partial charge in [0.2, 0.25) is 5.91 Å². The largest absolute Gasteiger partial charge is 0.386 e. The summed E-state index contributed by atoms with van der Waals surface area (Å²) >= 11 is 0. The van der Waals surface area contributed by atoms with Crippen molar-refractivity contribution < 1.29 is 14.6 Å². The Kier molecular flexibility index (Phi) is 3.76. The van der Waals surface area contributed by atoms with E-state index in [-0.39, 0.29) is 12.5 Å². The molecular formula is C16H21NO3. The third-order valence-corrected chi connectivity index (χ3v) is 4.22. The fourth-order valence-corrected chi connectivity index (χ4v) is 2.98. The Morgan fingerprint density at radius 3 is 3.00 bits per heavy atom. The van der Waals surface area contributed by atoms with Crippen molar-refractivity contribution in [2.24, 2.45) is 0 Å². The van der Waals surface area contributed by atoms with Gasteiger partial charge < -0.3 is 15.2 Å². The molecule has 1 saturated heterocycles. The van der Waals surface area contributed by atoms with E-state index >= 15 is 0 Å². The lowest BCUT2D eigenvalue weighted by Crippen LogP contribution is -2.43. The molecule has 1 aliphatic carbocycles. The number of carbonyl (C=O) groups excluding carboxylic acids is 1. The molecule has 1 aromatic carbocycles. The van der Waals surface area contributed by atoms with Gasteiger partial charge in [0.1, 0.15) is 5.60 Å². The minimum atomic E-state index is -0.881. The van der Waals surface area contributed by atoms with Crippen LogP contribution in [0.5, 0.6) is 0 Å². The fraction of sp³-hybridized carbons (Fsp3) is 0.562. The van der Waals surface area contributed by atoms with Crippen LogP contribution in [0.2, 0.25) is 0 Å². The summed E-state index contributed by atoms with van der Waals surface area (Å²) in [6, 6.07) is 6.33. The Hall–Kier alpha value is -1.39. The molecule has 1 fully saturated rings. The molecular weight excluding hydrogens is 254 g/mol. The van der Waals surface area contributed by atoms with Crippen LogP contribution >= 0.6 is 0 Å². The number of benzene rings is 1. The van der Waals surface area contributed by atoms with E-state index in [9.17, 15) is 9.90 Å². The third-order valence-electron chi connectivity index (χ3n) is 4.22. The first-order valence-electron chi connectivity index (χ1n) is 7.32. The number of amides is 1.